The van der Waals surface area contributed by atoms with Gasteiger partial charge in [0.2, 0.25) is 11.8 Å². The van der Waals surface area contributed by atoms with Crippen molar-refractivity contribution in [2.45, 2.75) is 4.90 Å². The molecule has 2 aromatic carbocycles. The van der Waals surface area contributed by atoms with Gasteiger partial charge in [-0.2, -0.15) is 0 Å². The van der Waals surface area contributed by atoms with Gasteiger partial charge in [0.1, 0.15) is 10.7 Å². The van der Waals surface area contributed by atoms with Gasteiger partial charge in [0.05, 0.1) is 28.9 Å². The number of rotatable bonds is 5. The van der Waals surface area contributed by atoms with Crippen LogP contribution in [-0.4, -0.2) is 26.3 Å². The summed E-state index contributed by atoms with van der Waals surface area (Å²) >= 11 is 5.92. The fourth-order valence-electron chi connectivity index (χ4n) is 3.01. The molecule has 0 saturated heterocycles. The minimum atomic E-state index is -1.99. The molecular formula is C20H14ClF2N5O2S. The highest BCUT2D eigenvalue weighted by Crippen LogP contribution is 2.35. The summed E-state index contributed by atoms with van der Waals surface area (Å²) in [6.45, 7) is 0. The Balaban J connectivity index is 1.80. The van der Waals surface area contributed by atoms with Gasteiger partial charge in [0, 0.05) is 17.8 Å². The van der Waals surface area contributed by atoms with E-state index in [2.05, 4.69) is 19.7 Å². The largest absolute Gasteiger partial charge is 0.480 e. The van der Waals surface area contributed by atoms with Crippen molar-refractivity contribution < 1.29 is 17.7 Å². The molecule has 4 aromatic rings. The number of nitrogen functional groups attached to an aromatic ring is 1. The second kappa shape index (κ2) is 8.40. The lowest BCUT2D eigenvalue weighted by Crippen LogP contribution is -2.09. The molecule has 0 aliphatic rings. The van der Waals surface area contributed by atoms with Gasteiger partial charge in [-0.25, -0.2) is 27.9 Å². The molecule has 0 saturated carbocycles. The molecule has 7 nitrogen and oxygen atoms in total. The fourth-order valence-corrected chi connectivity index (χ4v) is 4.23. The predicted molar refractivity (Wildman–Crippen MR) is 115 cm³/mol. The molecule has 0 radical (unpaired) electrons. The second-order valence-electron chi connectivity index (χ2n) is 6.28. The standard InChI is InChI=1S/C20H14ClF2N5O2S/c1-30-19-16(7-10(21)8-25-19)31(29)28-15-6-5-13(22)17(18(15)23)11-3-2-4-14-12(11)9-26-20(24)27-14/h2-9,28H,1H3,(H2,24,26,27). The lowest BCUT2D eigenvalue weighted by Gasteiger charge is -2.14. The summed E-state index contributed by atoms with van der Waals surface area (Å²) in [6.07, 6.45) is 2.72. The zero-order chi connectivity index (χ0) is 22.1. The van der Waals surface area contributed by atoms with Crippen molar-refractivity contribution in [2.24, 2.45) is 0 Å². The van der Waals surface area contributed by atoms with Crippen LogP contribution in [0.4, 0.5) is 20.4 Å². The van der Waals surface area contributed by atoms with Crippen LogP contribution in [0.25, 0.3) is 22.0 Å². The van der Waals surface area contributed by atoms with Crippen LogP contribution in [0.5, 0.6) is 5.88 Å². The van der Waals surface area contributed by atoms with Crippen molar-refractivity contribution in [2.75, 3.05) is 17.6 Å². The van der Waals surface area contributed by atoms with Gasteiger partial charge in [-0.15, -0.1) is 0 Å². The van der Waals surface area contributed by atoms with Crippen molar-refractivity contribution in [3.05, 3.63) is 65.4 Å². The van der Waals surface area contributed by atoms with Gasteiger partial charge in [-0.1, -0.05) is 23.7 Å². The highest BCUT2D eigenvalue weighted by atomic mass is 35.5. The Morgan fingerprint density at radius 1 is 1.16 bits per heavy atom. The smallest absolute Gasteiger partial charge is 0.231 e. The monoisotopic (exact) mass is 461 g/mol. The Bertz CT molecular complexity index is 1340. The number of hydrogen-bond donors (Lipinski definition) is 2. The lowest BCUT2D eigenvalue weighted by atomic mass is 10.00. The molecule has 3 N–H and O–H groups in total. The number of hydrogen-bond acceptors (Lipinski definition) is 6. The normalized spacial score (nSPS) is 12.0. The number of aromatic nitrogens is 3. The number of nitrogens with zero attached hydrogens (tertiary/aromatic N) is 3. The van der Waals surface area contributed by atoms with Crippen LogP contribution in [0.3, 0.4) is 0 Å². The molecule has 1 atom stereocenters. The summed E-state index contributed by atoms with van der Waals surface area (Å²) in [5.74, 6) is -1.64. The fraction of sp³-hybridized carbons (Fsp3) is 0.0500. The number of ether oxygens (including phenoxy) is 1. The van der Waals surface area contributed by atoms with Crippen LogP contribution in [0.1, 0.15) is 0 Å². The maximum atomic E-state index is 15.4. The van der Waals surface area contributed by atoms with Gasteiger partial charge in [-0.05, 0) is 29.8 Å². The SMILES string of the molecule is COc1ncc(Cl)cc1S(=O)Nc1ccc(F)c(-c2cccc3nc(N)ncc23)c1F. The van der Waals surface area contributed by atoms with Gasteiger partial charge in [0.25, 0.3) is 0 Å². The minimum Gasteiger partial charge on any atom is -0.480 e. The van der Waals surface area contributed by atoms with Crippen LogP contribution in [0, 0.1) is 11.6 Å². The minimum absolute atomic E-state index is 0.0421. The molecule has 158 valence electrons. The average molecular weight is 462 g/mol. The molecule has 0 fully saturated rings. The number of fused-ring (bicyclic) bond motifs is 1. The van der Waals surface area contributed by atoms with E-state index in [9.17, 15) is 8.60 Å². The van der Waals surface area contributed by atoms with Gasteiger partial charge < -0.3 is 10.5 Å². The summed E-state index contributed by atoms with van der Waals surface area (Å²) in [5.41, 5.74) is 5.75. The maximum absolute atomic E-state index is 15.4. The lowest BCUT2D eigenvalue weighted by molar-refractivity contribution is 0.386. The van der Waals surface area contributed by atoms with Crippen LogP contribution in [0.15, 0.2) is 53.7 Å². The van der Waals surface area contributed by atoms with Crippen molar-refractivity contribution in [3.63, 3.8) is 0 Å². The third kappa shape index (κ3) is 3.99. The number of nitrogens with two attached hydrogens (primary N) is 1. The predicted octanol–water partition coefficient (Wildman–Crippen LogP) is 4.35. The zero-order valence-electron chi connectivity index (χ0n) is 15.9. The van der Waals surface area contributed by atoms with Crippen molar-refractivity contribution in [1.82, 2.24) is 15.0 Å². The van der Waals surface area contributed by atoms with E-state index in [4.69, 9.17) is 22.1 Å². The third-order valence-corrected chi connectivity index (χ3v) is 5.69. The van der Waals surface area contributed by atoms with E-state index in [0.29, 0.717) is 10.9 Å². The highest BCUT2D eigenvalue weighted by molar-refractivity contribution is 7.86. The van der Waals surface area contributed by atoms with Crippen LogP contribution in [0.2, 0.25) is 5.02 Å². The van der Waals surface area contributed by atoms with E-state index in [1.807, 2.05) is 0 Å². The Morgan fingerprint density at radius 3 is 2.74 bits per heavy atom. The quantitative estimate of drug-likeness (QED) is 0.458. The second-order valence-corrected chi connectivity index (χ2v) is 7.90. The van der Waals surface area contributed by atoms with E-state index < -0.39 is 22.6 Å². The Morgan fingerprint density at radius 2 is 1.97 bits per heavy atom. The first-order chi connectivity index (χ1) is 14.9. The topological polar surface area (TPSA) is 103 Å². The van der Waals surface area contributed by atoms with Crippen LogP contribution < -0.4 is 15.2 Å². The molecule has 0 bridgehead atoms. The van der Waals surface area contributed by atoms with E-state index in [0.717, 1.165) is 12.1 Å². The Hall–Kier alpha value is -3.37. The first-order valence-corrected chi connectivity index (χ1v) is 10.3. The number of benzene rings is 2. The number of halogens is 3. The van der Waals surface area contributed by atoms with E-state index in [1.54, 1.807) is 12.1 Å². The molecule has 2 aromatic heterocycles. The van der Waals surface area contributed by atoms with Gasteiger partial charge in [0.15, 0.2) is 16.8 Å². The Labute approximate surface area is 182 Å². The number of anilines is 2. The van der Waals surface area contributed by atoms with Crippen molar-refractivity contribution in [3.8, 4) is 17.0 Å². The van der Waals surface area contributed by atoms with Gasteiger partial charge in [-0.3, -0.25) is 4.72 Å². The van der Waals surface area contributed by atoms with Crippen LogP contribution >= 0.6 is 11.6 Å². The summed E-state index contributed by atoms with van der Waals surface area (Å²) in [4.78, 5) is 12.0. The molecule has 0 aliphatic heterocycles. The Kier molecular flexibility index (Phi) is 5.66. The first-order valence-electron chi connectivity index (χ1n) is 8.76. The number of pyridine rings is 1. The van der Waals surface area contributed by atoms with Crippen LogP contribution in [-0.2, 0) is 11.0 Å². The summed E-state index contributed by atoms with van der Waals surface area (Å²) in [5, 5.41) is 0.634. The van der Waals surface area contributed by atoms with E-state index >= 15 is 4.39 Å². The molecule has 0 amide bonds. The molecule has 0 aliphatic carbocycles. The van der Waals surface area contributed by atoms with Crippen molar-refractivity contribution >= 4 is 45.1 Å². The molecule has 1 unspecified atom stereocenters. The molecule has 2 heterocycles. The van der Waals surface area contributed by atoms with Crippen molar-refractivity contribution in [1.29, 1.82) is 0 Å². The summed E-state index contributed by atoms with van der Waals surface area (Å²) in [7, 11) is -0.643. The summed E-state index contributed by atoms with van der Waals surface area (Å²) in [6, 6.07) is 8.39. The summed E-state index contributed by atoms with van der Waals surface area (Å²) < 4.78 is 50.5. The molecular weight excluding hydrogens is 448 g/mol. The molecule has 0 spiro atoms. The van der Waals surface area contributed by atoms with Gasteiger partial charge >= 0.3 is 0 Å². The van der Waals surface area contributed by atoms with E-state index in [-0.39, 0.29) is 38.6 Å². The number of nitrogens with one attached hydrogen (secondary N) is 1. The molecule has 11 heteroatoms. The number of methoxy groups -OCH3 is 1. The third-order valence-electron chi connectivity index (χ3n) is 4.39. The maximum Gasteiger partial charge on any atom is 0.231 e. The zero-order valence-corrected chi connectivity index (χ0v) is 17.5. The molecule has 4 rings (SSSR count). The highest BCUT2D eigenvalue weighted by Gasteiger charge is 2.21. The first kappa shape index (κ1) is 20.9. The van der Waals surface area contributed by atoms with E-state index in [1.165, 1.54) is 31.6 Å². The molecule has 31 heavy (non-hydrogen) atoms. The average Bonchev–Trinajstić information content (AvgIpc) is 2.75.